The highest BCUT2D eigenvalue weighted by Gasteiger charge is 1.92. The van der Waals surface area contributed by atoms with Crippen LogP contribution in [0.5, 0.6) is 0 Å². The molecule has 0 nitrogen and oxygen atoms in total. The molecule has 0 aromatic rings. The monoisotopic (exact) mass is 124 g/mol. The number of hydrogen-bond acceptors (Lipinski definition) is 0. The maximum Gasteiger partial charge on any atom is -0.0346 e. The van der Waals surface area contributed by atoms with Gasteiger partial charge in [-0.1, -0.05) is 24.6 Å². The SMILES string of the molecule is C=C(C)C(C)=C(C)CC. The topological polar surface area (TPSA) is 0 Å². The van der Waals surface area contributed by atoms with E-state index < -0.39 is 0 Å². The minimum Gasteiger partial charge on any atom is -0.0959 e. The molecular formula is C9H16. The standard InChI is InChI=1S/C9H16/c1-6-8(4)9(5)7(2)3/h2,6H2,1,3-5H3. The largest absolute Gasteiger partial charge is 0.0959 e. The van der Waals surface area contributed by atoms with Crippen molar-refractivity contribution in [1.82, 2.24) is 0 Å². The number of hydrogen-bond donors (Lipinski definition) is 0. The highest BCUT2D eigenvalue weighted by atomic mass is 14.0. The molecule has 0 radical (unpaired) electrons. The summed E-state index contributed by atoms with van der Waals surface area (Å²) in [6, 6.07) is 0. The van der Waals surface area contributed by atoms with Crippen molar-refractivity contribution < 1.29 is 0 Å². The molecule has 0 spiro atoms. The van der Waals surface area contributed by atoms with E-state index >= 15 is 0 Å². The molecular weight excluding hydrogens is 108 g/mol. The van der Waals surface area contributed by atoms with Crippen LogP contribution in [-0.2, 0) is 0 Å². The third-order valence-corrected chi connectivity index (χ3v) is 1.81. The van der Waals surface area contributed by atoms with Gasteiger partial charge in [0.05, 0.1) is 0 Å². The van der Waals surface area contributed by atoms with Crippen LogP contribution in [0.1, 0.15) is 34.1 Å². The second-order valence-electron chi connectivity index (χ2n) is 2.54. The quantitative estimate of drug-likeness (QED) is 0.495. The molecule has 0 rings (SSSR count). The lowest BCUT2D eigenvalue weighted by Gasteiger charge is -2.02. The van der Waals surface area contributed by atoms with Crippen LogP contribution in [0.25, 0.3) is 0 Å². The first-order valence-corrected chi connectivity index (χ1v) is 3.41. The van der Waals surface area contributed by atoms with Crippen molar-refractivity contribution in [2.75, 3.05) is 0 Å². The zero-order valence-corrected chi connectivity index (χ0v) is 6.91. The Labute approximate surface area is 58.3 Å². The van der Waals surface area contributed by atoms with E-state index in [-0.39, 0.29) is 0 Å². The van der Waals surface area contributed by atoms with E-state index in [1.165, 1.54) is 16.7 Å². The second-order valence-corrected chi connectivity index (χ2v) is 2.54. The summed E-state index contributed by atoms with van der Waals surface area (Å²) < 4.78 is 0. The van der Waals surface area contributed by atoms with Gasteiger partial charge in [0.1, 0.15) is 0 Å². The van der Waals surface area contributed by atoms with E-state index in [1.54, 1.807) is 0 Å². The van der Waals surface area contributed by atoms with Gasteiger partial charge in [-0.2, -0.15) is 0 Å². The van der Waals surface area contributed by atoms with Crippen molar-refractivity contribution in [1.29, 1.82) is 0 Å². The Bertz CT molecular complexity index is 138. The summed E-state index contributed by atoms with van der Waals surface area (Å²) in [7, 11) is 0. The van der Waals surface area contributed by atoms with E-state index in [1.807, 2.05) is 0 Å². The molecule has 0 heterocycles. The van der Waals surface area contributed by atoms with Gasteiger partial charge in [0, 0.05) is 0 Å². The lowest BCUT2D eigenvalue weighted by molar-refractivity contribution is 1.06. The van der Waals surface area contributed by atoms with E-state index in [9.17, 15) is 0 Å². The molecule has 0 atom stereocenters. The van der Waals surface area contributed by atoms with Crippen LogP contribution < -0.4 is 0 Å². The molecule has 0 unspecified atom stereocenters. The van der Waals surface area contributed by atoms with Crippen molar-refractivity contribution in [2.45, 2.75) is 34.1 Å². The van der Waals surface area contributed by atoms with E-state index in [0.29, 0.717) is 0 Å². The predicted molar refractivity (Wildman–Crippen MR) is 43.5 cm³/mol. The van der Waals surface area contributed by atoms with Crippen molar-refractivity contribution in [3.8, 4) is 0 Å². The Balaban J connectivity index is 4.28. The summed E-state index contributed by atoms with van der Waals surface area (Å²) >= 11 is 0. The normalized spacial score (nSPS) is 12.9. The molecule has 0 aliphatic carbocycles. The molecule has 0 N–H and O–H groups in total. The lowest BCUT2D eigenvalue weighted by Crippen LogP contribution is -1.82. The number of allylic oxidation sites excluding steroid dienone is 3. The van der Waals surface area contributed by atoms with Gasteiger partial charge >= 0.3 is 0 Å². The van der Waals surface area contributed by atoms with Gasteiger partial charge in [0.15, 0.2) is 0 Å². The summed E-state index contributed by atoms with van der Waals surface area (Å²) in [6.45, 7) is 12.4. The van der Waals surface area contributed by atoms with E-state index in [2.05, 4.69) is 34.3 Å². The van der Waals surface area contributed by atoms with Crippen LogP contribution in [0.3, 0.4) is 0 Å². The highest BCUT2D eigenvalue weighted by Crippen LogP contribution is 2.13. The minimum absolute atomic E-state index is 1.14. The average molecular weight is 124 g/mol. The number of rotatable bonds is 2. The Morgan fingerprint density at radius 1 is 1.22 bits per heavy atom. The van der Waals surface area contributed by atoms with E-state index in [0.717, 1.165) is 6.42 Å². The van der Waals surface area contributed by atoms with Crippen molar-refractivity contribution in [3.63, 3.8) is 0 Å². The van der Waals surface area contributed by atoms with Crippen LogP contribution in [-0.4, -0.2) is 0 Å². The van der Waals surface area contributed by atoms with Crippen molar-refractivity contribution in [3.05, 3.63) is 23.3 Å². The Morgan fingerprint density at radius 3 is 1.78 bits per heavy atom. The molecule has 0 aromatic heterocycles. The summed E-state index contributed by atoms with van der Waals surface area (Å²) in [5.74, 6) is 0. The maximum absolute atomic E-state index is 3.87. The summed E-state index contributed by atoms with van der Waals surface area (Å²) in [4.78, 5) is 0. The first-order chi connectivity index (χ1) is 4.09. The minimum atomic E-state index is 1.14. The molecule has 0 fully saturated rings. The van der Waals surface area contributed by atoms with Gasteiger partial charge in [-0.3, -0.25) is 0 Å². The van der Waals surface area contributed by atoms with Crippen LogP contribution >= 0.6 is 0 Å². The van der Waals surface area contributed by atoms with Crippen LogP contribution in [0, 0.1) is 0 Å². The summed E-state index contributed by atoms with van der Waals surface area (Å²) in [5, 5.41) is 0. The first-order valence-electron chi connectivity index (χ1n) is 3.41. The zero-order valence-electron chi connectivity index (χ0n) is 6.91. The Kier molecular flexibility index (Phi) is 3.29. The molecule has 0 amide bonds. The summed E-state index contributed by atoms with van der Waals surface area (Å²) in [5.41, 5.74) is 3.99. The Morgan fingerprint density at radius 2 is 1.67 bits per heavy atom. The van der Waals surface area contributed by atoms with Crippen LogP contribution in [0.4, 0.5) is 0 Å². The summed E-state index contributed by atoms with van der Waals surface area (Å²) in [6.07, 6.45) is 1.14. The molecule has 52 valence electrons. The molecule has 0 aliphatic heterocycles. The third-order valence-electron chi connectivity index (χ3n) is 1.81. The predicted octanol–water partition coefficient (Wildman–Crippen LogP) is 3.31. The zero-order chi connectivity index (χ0) is 7.44. The van der Waals surface area contributed by atoms with Crippen LogP contribution in [0.15, 0.2) is 23.3 Å². The second kappa shape index (κ2) is 3.49. The third kappa shape index (κ3) is 2.50. The van der Waals surface area contributed by atoms with Gasteiger partial charge in [-0.15, -0.1) is 0 Å². The maximum atomic E-state index is 3.87. The molecule has 0 saturated carbocycles. The molecule has 0 aromatic carbocycles. The lowest BCUT2D eigenvalue weighted by atomic mass is 10.0. The van der Waals surface area contributed by atoms with Gasteiger partial charge in [0.25, 0.3) is 0 Å². The molecule has 0 aliphatic rings. The van der Waals surface area contributed by atoms with Crippen molar-refractivity contribution >= 4 is 0 Å². The van der Waals surface area contributed by atoms with Crippen molar-refractivity contribution in [2.24, 2.45) is 0 Å². The van der Waals surface area contributed by atoms with Crippen LogP contribution in [0.2, 0.25) is 0 Å². The first kappa shape index (κ1) is 8.48. The average Bonchev–Trinajstić information content (AvgIpc) is 1.84. The Hall–Kier alpha value is -0.520. The smallest absolute Gasteiger partial charge is 0.0346 e. The van der Waals surface area contributed by atoms with E-state index in [4.69, 9.17) is 0 Å². The van der Waals surface area contributed by atoms with Gasteiger partial charge in [-0.25, -0.2) is 0 Å². The highest BCUT2D eigenvalue weighted by molar-refractivity contribution is 5.28. The van der Waals surface area contributed by atoms with Gasteiger partial charge < -0.3 is 0 Å². The molecule has 0 saturated heterocycles. The fourth-order valence-electron chi connectivity index (χ4n) is 0.629. The fourth-order valence-corrected chi connectivity index (χ4v) is 0.629. The van der Waals surface area contributed by atoms with Gasteiger partial charge in [-0.05, 0) is 32.8 Å². The van der Waals surface area contributed by atoms with Gasteiger partial charge in [0.2, 0.25) is 0 Å². The molecule has 0 bridgehead atoms. The molecule has 9 heavy (non-hydrogen) atoms. The molecule has 0 heteroatoms. The fraction of sp³-hybridized carbons (Fsp3) is 0.556.